The van der Waals surface area contributed by atoms with Crippen molar-refractivity contribution in [2.75, 3.05) is 26.5 Å². The Hall–Kier alpha value is -2.11. The molecule has 3 rings (SSSR count). The molecule has 0 saturated carbocycles. The SMILES string of the molecule is COC(=O)Cn1c(=NC(=O)C2CCN(S(C)(=O)=O)CC2)sc2cccc(F)c21. The van der Waals surface area contributed by atoms with Crippen molar-refractivity contribution in [3.63, 3.8) is 0 Å². The first-order valence-corrected chi connectivity index (χ1v) is 11.3. The lowest BCUT2D eigenvalue weighted by Crippen LogP contribution is -2.39. The first kappa shape index (κ1) is 20.6. The number of halogens is 1. The van der Waals surface area contributed by atoms with Gasteiger partial charge in [-0.1, -0.05) is 17.4 Å². The third-order valence-corrected chi connectivity index (χ3v) is 6.99. The number of methoxy groups -OCH3 is 1. The lowest BCUT2D eigenvalue weighted by Gasteiger charge is -2.28. The van der Waals surface area contributed by atoms with Crippen LogP contribution in [-0.4, -0.2) is 55.6 Å². The molecular formula is C17H20FN3O5S2. The number of esters is 1. The highest BCUT2D eigenvalue weighted by atomic mass is 32.2. The number of aromatic nitrogens is 1. The van der Waals surface area contributed by atoms with Crippen LogP contribution in [0.25, 0.3) is 10.2 Å². The van der Waals surface area contributed by atoms with Gasteiger partial charge in [-0.25, -0.2) is 17.1 Å². The summed E-state index contributed by atoms with van der Waals surface area (Å²) < 4.78 is 45.4. The first-order valence-electron chi connectivity index (χ1n) is 8.59. The summed E-state index contributed by atoms with van der Waals surface area (Å²) in [5, 5.41) is 0. The third kappa shape index (κ3) is 4.31. The van der Waals surface area contributed by atoms with E-state index in [1.54, 1.807) is 12.1 Å². The summed E-state index contributed by atoms with van der Waals surface area (Å²) in [5.74, 6) is -1.93. The number of benzene rings is 1. The fraction of sp³-hybridized carbons (Fsp3) is 0.471. The van der Waals surface area contributed by atoms with E-state index < -0.39 is 33.6 Å². The maximum atomic E-state index is 14.3. The van der Waals surface area contributed by atoms with E-state index in [0.717, 1.165) is 17.6 Å². The molecule has 1 aromatic heterocycles. The first-order chi connectivity index (χ1) is 13.2. The predicted octanol–water partition coefficient (Wildman–Crippen LogP) is 1.11. The number of rotatable bonds is 4. The minimum Gasteiger partial charge on any atom is -0.468 e. The Morgan fingerprint density at radius 2 is 2.00 bits per heavy atom. The molecule has 28 heavy (non-hydrogen) atoms. The zero-order valence-electron chi connectivity index (χ0n) is 15.4. The molecule has 2 aromatic rings. The number of hydrogen-bond donors (Lipinski definition) is 0. The molecule has 8 nitrogen and oxygen atoms in total. The summed E-state index contributed by atoms with van der Waals surface area (Å²) >= 11 is 1.11. The molecule has 1 aliphatic heterocycles. The number of hydrogen-bond acceptors (Lipinski definition) is 6. The van der Waals surface area contributed by atoms with Gasteiger partial charge in [0.15, 0.2) is 4.80 Å². The molecule has 1 amide bonds. The van der Waals surface area contributed by atoms with Crippen LogP contribution in [-0.2, 0) is 30.9 Å². The molecule has 0 radical (unpaired) electrons. The highest BCUT2D eigenvalue weighted by Gasteiger charge is 2.29. The van der Waals surface area contributed by atoms with Crippen molar-refractivity contribution in [3.8, 4) is 0 Å². The van der Waals surface area contributed by atoms with Gasteiger partial charge in [0.05, 0.1) is 23.6 Å². The lowest BCUT2D eigenvalue weighted by molar-refractivity contribution is -0.141. The molecule has 0 bridgehead atoms. The number of sulfonamides is 1. The molecule has 1 saturated heterocycles. The molecule has 1 aromatic carbocycles. The number of fused-ring (bicyclic) bond motifs is 1. The number of carbonyl (C=O) groups excluding carboxylic acids is 2. The van der Waals surface area contributed by atoms with Crippen LogP contribution >= 0.6 is 11.3 Å². The van der Waals surface area contributed by atoms with Crippen LogP contribution in [0.5, 0.6) is 0 Å². The van der Waals surface area contributed by atoms with Crippen LogP contribution in [0.2, 0.25) is 0 Å². The van der Waals surface area contributed by atoms with Crippen LogP contribution in [0.3, 0.4) is 0 Å². The summed E-state index contributed by atoms with van der Waals surface area (Å²) in [4.78, 5) is 28.7. The Kier molecular flexibility index (Phi) is 5.96. The number of carbonyl (C=O) groups is 2. The Balaban J connectivity index is 1.93. The number of amides is 1. The quantitative estimate of drug-likeness (QED) is 0.679. The van der Waals surface area contributed by atoms with E-state index >= 15 is 0 Å². The molecule has 0 aliphatic carbocycles. The second-order valence-corrected chi connectivity index (χ2v) is 9.51. The van der Waals surface area contributed by atoms with Crippen LogP contribution in [0.1, 0.15) is 12.8 Å². The highest BCUT2D eigenvalue weighted by Crippen LogP contribution is 2.22. The molecule has 0 atom stereocenters. The summed E-state index contributed by atoms with van der Waals surface area (Å²) in [6, 6.07) is 4.50. The van der Waals surface area contributed by atoms with Crippen molar-refractivity contribution < 1.29 is 27.1 Å². The standard InChI is InChI=1S/C17H20FN3O5S2/c1-26-14(22)10-21-15-12(18)4-3-5-13(15)27-17(21)19-16(23)11-6-8-20(9-7-11)28(2,24)25/h3-5,11H,6-10H2,1-2H3. The summed E-state index contributed by atoms with van der Waals surface area (Å²) in [6.07, 6.45) is 1.87. The van der Waals surface area contributed by atoms with Gasteiger partial charge < -0.3 is 9.30 Å². The number of ether oxygens (including phenoxy) is 1. The highest BCUT2D eigenvalue weighted by molar-refractivity contribution is 7.88. The van der Waals surface area contributed by atoms with Crippen LogP contribution in [0.15, 0.2) is 23.2 Å². The zero-order chi connectivity index (χ0) is 20.5. The van der Waals surface area contributed by atoms with E-state index in [9.17, 15) is 22.4 Å². The van der Waals surface area contributed by atoms with Gasteiger partial charge in [-0.05, 0) is 25.0 Å². The summed E-state index contributed by atoms with van der Waals surface area (Å²) in [6.45, 7) is 0.248. The van der Waals surface area contributed by atoms with Crippen molar-refractivity contribution in [2.45, 2.75) is 19.4 Å². The molecule has 1 aliphatic rings. The second kappa shape index (κ2) is 8.10. The number of nitrogens with zero attached hydrogens (tertiary/aromatic N) is 3. The normalized spacial score (nSPS) is 17.2. The van der Waals surface area contributed by atoms with Gasteiger partial charge in [0.1, 0.15) is 12.4 Å². The molecule has 152 valence electrons. The summed E-state index contributed by atoms with van der Waals surface area (Å²) in [7, 11) is -2.06. The van der Waals surface area contributed by atoms with Crippen molar-refractivity contribution in [3.05, 3.63) is 28.8 Å². The van der Waals surface area contributed by atoms with E-state index in [1.165, 1.54) is 22.0 Å². The minimum atomic E-state index is -3.28. The average molecular weight is 429 g/mol. The minimum absolute atomic E-state index is 0.191. The van der Waals surface area contributed by atoms with Gasteiger partial charge >= 0.3 is 5.97 Å². The van der Waals surface area contributed by atoms with E-state index in [0.29, 0.717) is 17.5 Å². The third-order valence-electron chi connectivity index (χ3n) is 4.64. The molecular weight excluding hydrogens is 409 g/mol. The molecule has 0 unspecified atom stereocenters. The second-order valence-electron chi connectivity index (χ2n) is 6.52. The van der Waals surface area contributed by atoms with Gasteiger partial charge in [0.25, 0.3) is 5.91 Å². The predicted molar refractivity (Wildman–Crippen MR) is 101 cm³/mol. The van der Waals surface area contributed by atoms with E-state index in [-0.39, 0.29) is 30.0 Å². The smallest absolute Gasteiger partial charge is 0.325 e. The Labute approximate surface area is 165 Å². The fourth-order valence-electron chi connectivity index (χ4n) is 3.13. The lowest BCUT2D eigenvalue weighted by atomic mass is 9.98. The van der Waals surface area contributed by atoms with E-state index in [2.05, 4.69) is 9.73 Å². The van der Waals surface area contributed by atoms with Crippen molar-refractivity contribution in [2.24, 2.45) is 10.9 Å². The van der Waals surface area contributed by atoms with Gasteiger partial charge in [0, 0.05) is 19.0 Å². The van der Waals surface area contributed by atoms with Crippen molar-refractivity contribution >= 4 is 43.5 Å². The van der Waals surface area contributed by atoms with Gasteiger partial charge in [-0.15, -0.1) is 0 Å². The Morgan fingerprint density at radius 3 is 2.61 bits per heavy atom. The maximum absolute atomic E-state index is 14.3. The molecule has 0 N–H and O–H groups in total. The topological polar surface area (TPSA) is 98.0 Å². The van der Waals surface area contributed by atoms with Crippen LogP contribution in [0.4, 0.5) is 4.39 Å². The van der Waals surface area contributed by atoms with E-state index in [4.69, 9.17) is 0 Å². The monoisotopic (exact) mass is 429 g/mol. The van der Waals surface area contributed by atoms with Crippen LogP contribution < -0.4 is 4.80 Å². The number of thiazole rings is 1. The van der Waals surface area contributed by atoms with Gasteiger partial charge in [-0.3, -0.25) is 9.59 Å². The van der Waals surface area contributed by atoms with Crippen molar-refractivity contribution in [1.29, 1.82) is 0 Å². The molecule has 2 heterocycles. The molecule has 0 spiro atoms. The van der Waals surface area contributed by atoms with Crippen molar-refractivity contribution in [1.82, 2.24) is 8.87 Å². The van der Waals surface area contributed by atoms with Gasteiger partial charge in [0.2, 0.25) is 10.0 Å². The van der Waals surface area contributed by atoms with Gasteiger partial charge in [-0.2, -0.15) is 4.99 Å². The Morgan fingerprint density at radius 1 is 1.32 bits per heavy atom. The average Bonchev–Trinajstić information content (AvgIpc) is 2.99. The number of para-hydroxylation sites is 1. The number of piperidine rings is 1. The summed E-state index contributed by atoms with van der Waals surface area (Å²) in [5.41, 5.74) is 0.191. The Bertz CT molecular complexity index is 1080. The molecule has 1 fully saturated rings. The van der Waals surface area contributed by atoms with Crippen LogP contribution in [0, 0.1) is 11.7 Å². The zero-order valence-corrected chi connectivity index (χ0v) is 17.1. The largest absolute Gasteiger partial charge is 0.468 e. The maximum Gasteiger partial charge on any atom is 0.325 e. The molecule has 11 heteroatoms. The van der Waals surface area contributed by atoms with E-state index in [1.807, 2.05) is 0 Å². The fourth-order valence-corrected chi connectivity index (χ4v) is 5.06.